The molecule has 0 N–H and O–H groups in total. The Morgan fingerprint density at radius 2 is 1.84 bits per heavy atom. The molecule has 1 atom stereocenters. The molecular formula is C24H27FN2O4. The van der Waals surface area contributed by atoms with Gasteiger partial charge in [0.05, 0.1) is 0 Å². The Morgan fingerprint density at radius 1 is 1.10 bits per heavy atom. The Balaban J connectivity index is 2.08. The van der Waals surface area contributed by atoms with E-state index in [-0.39, 0.29) is 18.4 Å². The molecule has 1 aliphatic rings. The second kappa shape index (κ2) is 10.3. The first-order valence-corrected chi connectivity index (χ1v) is 10.2. The highest BCUT2D eigenvalue weighted by atomic mass is 19.1. The molecule has 0 saturated carbocycles. The molecule has 2 amide bonds. The van der Waals surface area contributed by atoms with Crippen LogP contribution in [0.4, 0.5) is 4.39 Å². The van der Waals surface area contributed by atoms with Gasteiger partial charge in [-0.1, -0.05) is 56.3 Å². The molecule has 0 aliphatic carbocycles. The number of carbonyl (C=O) groups is 2. The highest BCUT2D eigenvalue weighted by Gasteiger charge is 2.44. The summed E-state index contributed by atoms with van der Waals surface area (Å²) in [7, 11) is 1.41. The Bertz CT molecular complexity index is 946. The minimum absolute atomic E-state index is 0.195. The molecule has 31 heavy (non-hydrogen) atoms. The SMILES string of the molecule is COCON1C(=O)/C(=C/c2cccc(F)c2)N(Cc2ccccc2)[C@@H](CC(C)C)C1=O. The monoisotopic (exact) mass is 426 g/mol. The van der Waals surface area contributed by atoms with E-state index in [0.29, 0.717) is 18.5 Å². The molecule has 1 fully saturated rings. The van der Waals surface area contributed by atoms with Crippen LogP contribution in [0, 0.1) is 11.7 Å². The Hall–Kier alpha value is -3.03. The van der Waals surface area contributed by atoms with Crippen LogP contribution in [0.25, 0.3) is 6.08 Å². The third-order valence-electron chi connectivity index (χ3n) is 4.92. The van der Waals surface area contributed by atoms with Crippen LogP contribution in [-0.2, 0) is 25.7 Å². The van der Waals surface area contributed by atoms with Crippen molar-refractivity contribution in [3.63, 3.8) is 0 Å². The number of piperazine rings is 1. The van der Waals surface area contributed by atoms with Gasteiger partial charge in [0.15, 0.2) is 6.79 Å². The number of carbonyl (C=O) groups excluding carboxylic acids is 2. The number of hydroxylamine groups is 2. The van der Waals surface area contributed by atoms with Crippen LogP contribution >= 0.6 is 0 Å². The van der Waals surface area contributed by atoms with E-state index in [1.807, 2.05) is 44.2 Å². The van der Waals surface area contributed by atoms with Crippen molar-refractivity contribution in [2.24, 2.45) is 5.92 Å². The summed E-state index contributed by atoms with van der Waals surface area (Å²) in [6.45, 7) is 4.15. The van der Waals surface area contributed by atoms with E-state index in [1.54, 1.807) is 23.1 Å². The molecular weight excluding hydrogens is 399 g/mol. The summed E-state index contributed by atoms with van der Waals surface area (Å²) in [5, 5.41) is 0.767. The molecule has 1 aliphatic heterocycles. The van der Waals surface area contributed by atoms with Crippen LogP contribution in [0.2, 0.25) is 0 Å². The van der Waals surface area contributed by atoms with Gasteiger partial charge in [-0.15, -0.1) is 5.06 Å². The molecule has 1 heterocycles. The van der Waals surface area contributed by atoms with Crippen molar-refractivity contribution in [2.45, 2.75) is 32.9 Å². The fourth-order valence-electron chi connectivity index (χ4n) is 3.54. The van der Waals surface area contributed by atoms with Crippen molar-refractivity contribution in [3.8, 4) is 0 Å². The summed E-state index contributed by atoms with van der Waals surface area (Å²) < 4.78 is 18.7. The number of halogens is 1. The predicted molar refractivity (Wildman–Crippen MR) is 114 cm³/mol. The van der Waals surface area contributed by atoms with Gasteiger partial charge < -0.3 is 9.64 Å². The van der Waals surface area contributed by atoms with E-state index in [4.69, 9.17) is 9.57 Å². The van der Waals surface area contributed by atoms with Crippen molar-refractivity contribution in [1.29, 1.82) is 0 Å². The number of methoxy groups -OCH3 is 1. The van der Waals surface area contributed by atoms with E-state index in [2.05, 4.69) is 0 Å². The maximum Gasteiger partial charge on any atom is 0.301 e. The van der Waals surface area contributed by atoms with E-state index < -0.39 is 23.7 Å². The quantitative estimate of drug-likeness (QED) is 0.363. The maximum atomic E-state index is 13.8. The standard InChI is InChI=1S/C24H27FN2O4/c1-17(2)12-21-23(28)27(31-16-30-3)24(29)22(14-19-10-7-11-20(25)13-19)26(21)15-18-8-5-4-6-9-18/h4-11,13-14,17,21H,12,15-16H2,1-3H3/b22-14-/t21-/m0/s1. The lowest BCUT2D eigenvalue weighted by Crippen LogP contribution is -2.58. The zero-order valence-corrected chi connectivity index (χ0v) is 18.0. The summed E-state index contributed by atoms with van der Waals surface area (Å²) >= 11 is 0. The highest BCUT2D eigenvalue weighted by molar-refractivity contribution is 6.09. The fraction of sp³-hybridized carbons (Fsp3) is 0.333. The average Bonchev–Trinajstić information content (AvgIpc) is 2.74. The number of ether oxygens (including phenoxy) is 1. The number of hydrogen-bond acceptors (Lipinski definition) is 5. The Kier molecular flexibility index (Phi) is 7.55. The van der Waals surface area contributed by atoms with Gasteiger partial charge in [0.25, 0.3) is 5.91 Å². The van der Waals surface area contributed by atoms with Gasteiger partial charge in [-0.3, -0.25) is 9.59 Å². The number of imide groups is 1. The average molecular weight is 426 g/mol. The van der Waals surface area contributed by atoms with Gasteiger partial charge in [-0.2, -0.15) is 0 Å². The Morgan fingerprint density at radius 3 is 2.48 bits per heavy atom. The number of nitrogens with zero attached hydrogens (tertiary/aromatic N) is 2. The zero-order valence-electron chi connectivity index (χ0n) is 18.0. The minimum Gasteiger partial charge on any atom is -0.356 e. The topological polar surface area (TPSA) is 59.1 Å². The first-order valence-electron chi connectivity index (χ1n) is 10.2. The van der Waals surface area contributed by atoms with Gasteiger partial charge in [0, 0.05) is 13.7 Å². The van der Waals surface area contributed by atoms with E-state index in [9.17, 15) is 14.0 Å². The zero-order chi connectivity index (χ0) is 22.4. The summed E-state index contributed by atoms with van der Waals surface area (Å²) in [5.41, 5.74) is 1.73. The normalized spacial score (nSPS) is 18.4. The third kappa shape index (κ3) is 5.57. The second-order valence-corrected chi connectivity index (χ2v) is 7.82. The van der Waals surface area contributed by atoms with Crippen LogP contribution in [0.3, 0.4) is 0 Å². The molecule has 2 aromatic carbocycles. The van der Waals surface area contributed by atoms with Gasteiger partial charge in [0.2, 0.25) is 0 Å². The van der Waals surface area contributed by atoms with E-state index in [1.165, 1.54) is 19.2 Å². The minimum atomic E-state index is -0.616. The van der Waals surface area contributed by atoms with E-state index >= 15 is 0 Å². The largest absolute Gasteiger partial charge is 0.356 e. The number of rotatable bonds is 8. The molecule has 6 nitrogen and oxygen atoms in total. The molecule has 0 aromatic heterocycles. The first-order chi connectivity index (χ1) is 14.9. The second-order valence-electron chi connectivity index (χ2n) is 7.82. The third-order valence-corrected chi connectivity index (χ3v) is 4.92. The fourth-order valence-corrected chi connectivity index (χ4v) is 3.54. The lowest BCUT2D eigenvalue weighted by molar-refractivity contribution is -0.226. The van der Waals surface area contributed by atoms with Gasteiger partial charge in [-0.05, 0) is 41.7 Å². The van der Waals surface area contributed by atoms with Crippen LogP contribution in [0.15, 0.2) is 60.3 Å². The molecule has 0 spiro atoms. The Labute approximate surface area is 181 Å². The molecule has 0 unspecified atom stereocenters. The number of amides is 2. The van der Waals surface area contributed by atoms with Gasteiger partial charge >= 0.3 is 5.91 Å². The van der Waals surface area contributed by atoms with E-state index in [0.717, 1.165) is 10.6 Å². The smallest absolute Gasteiger partial charge is 0.301 e. The van der Waals surface area contributed by atoms with Gasteiger partial charge in [-0.25, -0.2) is 9.23 Å². The maximum absolute atomic E-state index is 13.8. The molecule has 0 bridgehead atoms. The van der Waals surface area contributed by atoms with Crippen molar-refractivity contribution in [2.75, 3.05) is 13.9 Å². The van der Waals surface area contributed by atoms with Crippen LogP contribution < -0.4 is 0 Å². The molecule has 164 valence electrons. The van der Waals surface area contributed by atoms with Crippen molar-refractivity contribution >= 4 is 17.9 Å². The lowest BCUT2D eigenvalue weighted by atomic mass is 9.97. The molecule has 0 radical (unpaired) electrons. The predicted octanol–water partition coefficient (Wildman–Crippen LogP) is 3.99. The molecule has 2 aromatic rings. The van der Waals surface area contributed by atoms with Crippen molar-refractivity contribution < 1.29 is 23.6 Å². The first kappa shape index (κ1) is 22.7. The van der Waals surface area contributed by atoms with Crippen LogP contribution in [0.5, 0.6) is 0 Å². The van der Waals surface area contributed by atoms with Crippen LogP contribution in [-0.4, -0.2) is 41.7 Å². The van der Waals surface area contributed by atoms with Crippen LogP contribution in [0.1, 0.15) is 31.4 Å². The summed E-state index contributed by atoms with van der Waals surface area (Å²) in [4.78, 5) is 33.6. The van der Waals surface area contributed by atoms with Crippen molar-refractivity contribution in [3.05, 3.63) is 77.2 Å². The summed E-state index contributed by atoms with van der Waals surface area (Å²) in [5.74, 6) is -1.26. The molecule has 7 heteroatoms. The number of hydrogen-bond donors (Lipinski definition) is 0. The lowest BCUT2D eigenvalue weighted by Gasteiger charge is -2.41. The van der Waals surface area contributed by atoms with Crippen molar-refractivity contribution in [1.82, 2.24) is 9.96 Å². The molecule has 3 rings (SSSR count). The van der Waals surface area contributed by atoms with Gasteiger partial charge in [0.1, 0.15) is 17.6 Å². The molecule has 1 saturated heterocycles. The number of benzene rings is 2. The summed E-state index contributed by atoms with van der Waals surface area (Å²) in [6.07, 6.45) is 2.11. The highest BCUT2D eigenvalue weighted by Crippen LogP contribution is 2.29. The summed E-state index contributed by atoms with van der Waals surface area (Å²) in [6, 6.07) is 14.9.